The highest BCUT2D eigenvalue weighted by molar-refractivity contribution is 5.78. The van der Waals surface area contributed by atoms with Crippen molar-refractivity contribution in [1.82, 2.24) is 5.32 Å². The number of amides is 1. The van der Waals surface area contributed by atoms with E-state index in [4.69, 9.17) is 0 Å². The summed E-state index contributed by atoms with van der Waals surface area (Å²) in [5.41, 5.74) is 2.47. The van der Waals surface area contributed by atoms with Crippen LogP contribution in [0.5, 0.6) is 0 Å². The molecule has 0 saturated heterocycles. The van der Waals surface area contributed by atoms with Crippen molar-refractivity contribution < 1.29 is 4.79 Å². The van der Waals surface area contributed by atoms with Gasteiger partial charge in [-0.05, 0) is 30.9 Å². The Morgan fingerprint density at radius 2 is 2.21 bits per heavy atom. The van der Waals surface area contributed by atoms with Crippen molar-refractivity contribution in [2.24, 2.45) is 5.92 Å². The highest BCUT2D eigenvalue weighted by Crippen LogP contribution is 2.34. The summed E-state index contributed by atoms with van der Waals surface area (Å²) in [5.74, 6) is 1.38. The summed E-state index contributed by atoms with van der Waals surface area (Å²) >= 11 is 0. The lowest BCUT2D eigenvalue weighted by Gasteiger charge is -2.15. The molecular weight excluding hydrogens is 236 g/mol. The highest BCUT2D eigenvalue weighted by atomic mass is 16.1. The second kappa shape index (κ2) is 5.24. The summed E-state index contributed by atoms with van der Waals surface area (Å²) in [6.45, 7) is 3.00. The van der Waals surface area contributed by atoms with Gasteiger partial charge in [0.25, 0.3) is 0 Å². The molecule has 1 aromatic rings. The zero-order valence-corrected chi connectivity index (χ0v) is 11.5. The van der Waals surface area contributed by atoms with Gasteiger partial charge < -0.3 is 10.6 Å². The number of para-hydroxylation sites is 1. The second-order valence-electron chi connectivity index (χ2n) is 6.02. The van der Waals surface area contributed by atoms with Crippen molar-refractivity contribution in [3.8, 4) is 0 Å². The molecule has 2 aliphatic rings. The fourth-order valence-corrected chi connectivity index (χ4v) is 3.01. The number of carbonyl (C=O) groups excluding carboxylic acids is 1. The van der Waals surface area contributed by atoms with Crippen molar-refractivity contribution >= 4 is 11.6 Å². The minimum Gasteiger partial charge on any atom is -0.384 e. The molecule has 0 aromatic heterocycles. The molecule has 2 unspecified atom stereocenters. The monoisotopic (exact) mass is 258 g/mol. The Balaban J connectivity index is 1.52. The number of carbonyl (C=O) groups is 1. The maximum atomic E-state index is 12.1. The van der Waals surface area contributed by atoms with Gasteiger partial charge in [-0.15, -0.1) is 0 Å². The molecule has 2 atom stereocenters. The standard InChI is InChI=1S/C16H22N2O/c1-11(8-12-6-7-12)18-16(19)9-13-10-17-15-5-3-2-4-14(13)15/h2-5,11-13,17H,6-10H2,1H3,(H,18,19). The van der Waals surface area contributed by atoms with Crippen LogP contribution in [-0.2, 0) is 4.79 Å². The van der Waals surface area contributed by atoms with E-state index in [1.54, 1.807) is 0 Å². The third-order valence-electron chi connectivity index (χ3n) is 4.16. The second-order valence-corrected chi connectivity index (χ2v) is 6.02. The molecule has 1 heterocycles. The molecule has 2 N–H and O–H groups in total. The minimum atomic E-state index is 0.191. The first-order valence-corrected chi connectivity index (χ1v) is 7.34. The summed E-state index contributed by atoms with van der Waals surface area (Å²) in [5, 5.41) is 6.51. The fraction of sp³-hybridized carbons (Fsp3) is 0.562. The van der Waals surface area contributed by atoms with Crippen molar-refractivity contribution in [1.29, 1.82) is 0 Å². The Morgan fingerprint density at radius 1 is 1.42 bits per heavy atom. The number of hydrogen-bond acceptors (Lipinski definition) is 2. The van der Waals surface area contributed by atoms with E-state index in [0.717, 1.165) is 18.9 Å². The molecule has 1 fully saturated rings. The van der Waals surface area contributed by atoms with Crippen LogP contribution in [0.1, 0.15) is 44.1 Å². The maximum Gasteiger partial charge on any atom is 0.220 e. The Labute approximate surface area is 114 Å². The first-order valence-electron chi connectivity index (χ1n) is 7.34. The number of fused-ring (bicyclic) bond motifs is 1. The largest absolute Gasteiger partial charge is 0.384 e. The highest BCUT2D eigenvalue weighted by Gasteiger charge is 2.26. The summed E-state index contributed by atoms with van der Waals surface area (Å²) in [7, 11) is 0. The molecule has 102 valence electrons. The molecule has 1 aliphatic heterocycles. The first-order chi connectivity index (χ1) is 9.22. The van der Waals surface area contributed by atoms with Gasteiger partial charge in [0.1, 0.15) is 0 Å². The van der Waals surface area contributed by atoms with Crippen LogP contribution >= 0.6 is 0 Å². The van der Waals surface area contributed by atoms with Crippen molar-refractivity contribution in [2.45, 2.75) is 44.6 Å². The van der Waals surface area contributed by atoms with E-state index in [1.165, 1.54) is 24.1 Å². The number of hydrogen-bond donors (Lipinski definition) is 2. The van der Waals surface area contributed by atoms with Gasteiger partial charge in [-0.3, -0.25) is 4.79 Å². The van der Waals surface area contributed by atoms with E-state index >= 15 is 0 Å². The van der Waals surface area contributed by atoms with E-state index in [9.17, 15) is 4.79 Å². The molecule has 3 rings (SSSR count). The van der Waals surface area contributed by atoms with Gasteiger partial charge in [0, 0.05) is 30.6 Å². The Bertz CT molecular complexity index is 468. The van der Waals surface area contributed by atoms with Gasteiger partial charge >= 0.3 is 0 Å². The van der Waals surface area contributed by atoms with Gasteiger partial charge in [-0.2, -0.15) is 0 Å². The number of benzene rings is 1. The zero-order valence-electron chi connectivity index (χ0n) is 11.5. The van der Waals surface area contributed by atoms with E-state index < -0.39 is 0 Å². The third-order valence-corrected chi connectivity index (χ3v) is 4.16. The summed E-state index contributed by atoms with van der Waals surface area (Å²) < 4.78 is 0. The van der Waals surface area contributed by atoms with Crippen LogP contribution in [0.25, 0.3) is 0 Å². The van der Waals surface area contributed by atoms with Crippen molar-refractivity contribution in [2.75, 3.05) is 11.9 Å². The van der Waals surface area contributed by atoms with E-state index in [2.05, 4.69) is 29.7 Å². The van der Waals surface area contributed by atoms with Crippen LogP contribution in [0.3, 0.4) is 0 Å². The summed E-state index contributed by atoms with van der Waals surface area (Å²) in [4.78, 5) is 12.1. The van der Waals surface area contributed by atoms with Gasteiger partial charge in [0.15, 0.2) is 0 Å². The Hall–Kier alpha value is -1.51. The minimum absolute atomic E-state index is 0.191. The Kier molecular flexibility index (Phi) is 3.45. The molecule has 1 amide bonds. The van der Waals surface area contributed by atoms with E-state index in [-0.39, 0.29) is 5.91 Å². The van der Waals surface area contributed by atoms with Gasteiger partial charge in [-0.25, -0.2) is 0 Å². The van der Waals surface area contributed by atoms with E-state index in [1.807, 2.05) is 12.1 Å². The van der Waals surface area contributed by atoms with Gasteiger partial charge in [0.05, 0.1) is 0 Å². The van der Waals surface area contributed by atoms with Crippen LogP contribution in [0, 0.1) is 5.92 Å². The topological polar surface area (TPSA) is 41.1 Å². The smallest absolute Gasteiger partial charge is 0.220 e. The summed E-state index contributed by atoms with van der Waals surface area (Å²) in [6.07, 6.45) is 4.44. The van der Waals surface area contributed by atoms with Crippen LogP contribution in [0.2, 0.25) is 0 Å². The molecule has 1 saturated carbocycles. The lowest BCUT2D eigenvalue weighted by Crippen LogP contribution is -2.33. The zero-order chi connectivity index (χ0) is 13.2. The molecule has 3 nitrogen and oxygen atoms in total. The van der Waals surface area contributed by atoms with Crippen LogP contribution in [0.4, 0.5) is 5.69 Å². The molecule has 0 spiro atoms. The Morgan fingerprint density at radius 3 is 3.00 bits per heavy atom. The third kappa shape index (κ3) is 3.09. The van der Waals surface area contributed by atoms with Crippen LogP contribution < -0.4 is 10.6 Å². The maximum absolute atomic E-state index is 12.1. The predicted octanol–water partition coefficient (Wildman–Crippen LogP) is 2.89. The SMILES string of the molecule is CC(CC1CC1)NC(=O)CC1CNc2ccccc21. The quantitative estimate of drug-likeness (QED) is 0.852. The fourth-order valence-electron chi connectivity index (χ4n) is 3.01. The van der Waals surface area contributed by atoms with Crippen LogP contribution in [0.15, 0.2) is 24.3 Å². The molecule has 1 aliphatic carbocycles. The lowest BCUT2D eigenvalue weighted by atomic mass is 9.97. The molecular formula is C16H22N2O. The lowest BCUT2D eigenvalue weighted by molar-refractivity contribution is -0.122. The van der Waals surface area contributed by atoms with Gasteiger partial charge in [0.2, 0.25) is 5.91 Å². The van der Waals surface area contributed by atoms with Crippen molar-refractivity contribution in [3.63, 3.8) is 0 Å². The molecule has 1 aromatic carbocycles. The predicted molar refractivity (Wildman–Crippen MR) is 77.2 cm³/mol. The summed E-state index contributed by atoms with van der Waals surface area (Å²) in [6, 6.07) is 8.62. The van der Waals surface area contributed by atoms with Gasteiger partial charge in [-0.1, -0.05) is 31.0 Å². The molecule has 0 bridgehead atoms. The average molecular weight is 258 g/mol. The first kappa shape index (κ1) is 12.5. The average Bonchev–Trinajstić information content (AvgIpc) is 3.10. The van der Waals surface area contributed by atoms with Crippen molar-refractivity contribution in [3.05, 3.63) is 29.8 Å². The molecule has 0 radical (unpaired) electrons. The molecule has 3 heteroatoms. The number of nitrogens with one attached hydrogen (secondary N) is 2. The number of anilines is 1. The normalized spacial score (nSPS) is 22.5. The number of rotatable bonds is 5. The van der Waals surface area contributed by atoms with E-state index in [0.29, 0.717) is 18.4 Å². The molecule has 19 heavy (non-hydrogen) atoms. The van der Waals surface area contributed by atoms with Crippen LogP contribution in [-0.4, -0.2) is 18.5 Å².